The second-order valence-corrected chi connectivity index (χ2v) is 4.17. The Labute approximate surface area is 92.8 Å². The Hall–Kier alpha value is -0.830. The van der Waals surface area contributed by atoms with Gasteiger partial charge < -0.3 is 5.32 Å². The maximum absolute atomic E-state index is 11.3. The average molecular weight is 256 g/mol. The molecule has 0 aromatic heterocycles. The lowest BCUT2D eigenvalue weighted by molar-refractivity contribution is -0.116. The second kappa shape index (κ2) is 5.15. The Kier molecular flexibility index (Phi) is 4.14. The maximum Gasteiger partial charge on any atom is 0.224 e. The molecule has 0 aliphatic carbocycles. The summed E-state index contributed by atoms with van der Waals surface area (Å²) in [7, 11) is 0. The number of hydrogen-bond acceptors (Lipinski definition) is 1. The summed E-state index contributed by atoms with van der Waals surface area (Å²) < 4.78 is 1.03. The SMILES string of the molecule is CCCC(=O)Nc1ccc(Br)cc1C. The third-order valence-electron chi connectivity index (χ3n) is 1.94. The number of hydrogen-bond donors (Lipinski definition) is 1. The lowest BCUT2D eigenvalue weighted by Gasteiger charge is -2.07. The number of nitrogens with one attached hydrogen (secondary N) is 1. The molecular formula is C11H14BrNO. The summed E-state index contributed by atoms with van der Waals surface area (Å²) in [6.07, 6.45) is 1.46. The first-order valence-electron chi connectivity index (χ1n) is 4.69. The molecule has 0 heterocycles. The van der Waals surface area contributed by atoms with Crippen LogP contribution in [0.15, 0.2) is 22.7 Å². The van der Waals surface area contributed by atoms with Gasteiger partial charge in [-0.1, -0.05) is 22.9 Å². The molecule has 0 aliphatic heterocycles. The zero-order valence-corrected chi connectivity index (χ0v) is 10.0. The van der Waals surface area contributed by atoms with Gasteiger partial charge in [-0.25, -0.2) is 0 Å². The molecule has 14 heavy (non-hydrogen) atoms. The summed E-state index contributed by atoms with van der Waals surface area (Å²) in [4.78, 5) is 11.3. The predicted octanol–water partition coefficient (Wildman–Crippen LogP) is 3.50. The van der Waals surface area contributed by atoms with Crippen molar-refractivity contribution < 1.29 is 4.79 Å². The highest BCUT2D eigenvalue weighted by molar-refractivity contribution is 9.10. The number of halogens is 1. The third kappa shape index (κ3) is 3.14. The van der Waals surface area contributed by atoms with Crippen LogP contribution in [0.1, 0.15) is 25.3 Å². The fraction of sp³-hybridized carbons (Fsp3) is 0.364. The molecule has 1 aromatic carbocycles. The minimum absolute atomic E-state index is 0.0814. The van der Waals surface area contributed by atoms with E-state index < -0.39 is 0 Å². The van der Waals surface area contributed by atoms with Gasteiger partial charge in [-0.15, -0.1) is 0 Å². The van der Waals surface area contributed by atoms with Crippen molar-refractivity contribution in [3.8, 4) is 0 Å². The summed E-state index contributed by atoms with van der Waals surface area (Å²) in [5.74, 6) is 0.0814. The zero-order chi connectivity index (χ0) is 10.6. The van der Waals surface area contributed by atoms with Crippen LogP contribution in [-0.4, -0.2) is 5.91 Å². The van der Waals surface area contributed by atoms with Crippen molar-refractivity contribution in [2.75, 3.05) is 5.32 Å². The van der Waals surface area contributed by atoms with Crippen LogP contribution in [0.2, 0.25) is 0 Å². The molecule has 0 saturated carbocycles. The van der Waals surface area contributed by atoms with E-state index in [-0.39, 0.29) is 5.91 Å². The van der Waals surface area contributed by atoms with Crippen molar-refractivity contribution in [2.24, 2.45) is 0 Å². The molecule has 0 aliphatic rings. The van der Waals surface area contributed by atoms with Crippen molar-refractivity contribution in [2.45, 2.75) is 26.7 Å². The Balaban J connectivity index is 2.72. The normalized spacial score (nSPS) is 9.93. The van der Waals surface area contributed by atoms with E-state index in [1.807, 2.05) is 32.0 Å². The van der Waals surface area contributed by atoms with Crippen molar-refractivity contribution in [3.05, 3.63) is 28.2 Å². The summed E-state index contributed by atoms with van der Waals surface area (Å²) in [6.45, 7) is 3.97. The number of amides is 1. The second-order valence-electron chi connectivity index (χ2n) is 3.26. The van der Waals surface area contributed by atoms with Crippen molar-refractivity contribution in [1.82, 2.24) is 0 Å². The molecule has 76 valence electrons. The van der Waals surface area contributed by atoms with Gasteiger partial charge in [0, 0.05) is 16.6 Å². The minimum atomic E-state index is 0.0814. The fourth-order valence-corrected chi connectivity index (χ4v) is 1.68. The van der Waals surface area contributed by atoms with E-state index in [4.69, 9.17) is 0 Å². The molecule has 1 rings (SSSR count). The van der Waals surface area contributed by atoms with E-state index in [1.165, 1.54) is 0 Å². The van der Waals surface area contributed by atoms with Crippen LogP contribution in [-0.2, 0) is 4.79 Å². The molecule has 0 fully saturated rings. The van der Waals surface area contributed by atoms with Gasteiger partial charge in [0.05, 0.1) is 0 Å². The first-order valence-corrected chi connectivity index (χ1v) is 5.48. The number of anilines is 1. The largest absolute Gasteiger partial charge is 0.326 e. The van der Waals surface area contributed by atoms with Gasteiger partial charge in [0.2, 0.25) is 5.91 Å². The summed E-state index contributed by atoms with van der Waals surface area (Å²) >= 11 is 3.38. The lowest BCUT2D eigenvalue weighted by Crippen LogP contribution is -2.11. The molecular weight excluding hydrogens is 242 g/mol. The van der Waals surface area contributed by atoms with E-state index in [0.29, 0.717) is 6.42 Å². The van der Waals surface area contributed by atoms with Gasteiger partial charge in [-0.05, 0) is 37.1 Å². The van der Waals surface area contributed by atoms with Crippen molar-refractivity contribution in [1.29, 1.82) is 0 Å². The quantitative estimate of drug-likeness (QED) is 0.881. The molecule has 3 heteroatoms. The lowest BCUT2D eigenvalue weighted by atomic mass is 10.2. The number of rotatable bonds is 3. The molecule has 1 amide bonds. The highest BCUT2D eigenvalue weighted by Crippen LogP contribution is 2.20. The number of carbonyl (C=O) groups is 1. The Morgan fingerprint density at radius 3 is 2.79 bits per heavy atom. The molecule has 1 aromatic rings. The predicted molar refractivity (Wildman–Crippen MR) is 62.4 cm³/mol. The molecule has 0 unspecified atom stereocenters. The number of benzene rings is 1. The van der Waals surface area contributed by atoms with Gasteiger partial charge in [0.25, 0.3) is 0 Å². The van der Waals surface area contributed by atoms with E-state index in [9.17, 15) is 4.79 Å². The van der Waals surface area contributed by atoms with Crippen LogP contribution in [0.25, 0.3) is 0 Å². The highest BCUT2D eigenvalue weighted by Gasteiger charge is 2.03. The standard InChI is InChI=1S/C11H14BrNO/c1-3-4-11(14)13-10-6-5-9(12)7-8(10)2/h5-7H,3-4H2,1-2H3,(H,13,14). The molecule has 0 atom stereocenters. The summed E-state index contributed by atoms with van der Waals surface area (Å²) in [6, 6.07) is 5.82. The molecule has 0 spiro atoms. The molecule has 0 saturated heterocycles. The van der Waals surface area contributed by atoms with Gasteiger partial charge in [-0.3, -0.25) is 4.79 Å². The monoisotopic (exact) mass is 255 g/mol. The molecule has 0 radical (unpaired) electrons. The zero-order valence-electron chi connectivity index (χ0n) is 8.43. The van der Waals surface area contributed by atoms with Crippen molar-refractivity contribution >= 4 is 27.5 Å². The number of aryl methyl sites for hydroxylation is 1. The van der Waals surface area contributed by atoms with Gasteiger partial charge in [-0.2, -0.15) is 0 Å². The van der Waals surface area contributed by atoms with Crippen molar-refractivity contribution in [3.63, 3.8) is 0 Å². The topological polar surface area (TPSA) is 29.1 Å². The van der Waals surface area contributed by atoms with Gasteiger partial charge >= 0.3 is 0 Å². The minimum Gasteiger partial charge on any atom is -0.326 e. The van der Waals surface area contributed by atoms with E-state index >= 15 is 0 Å². The van der Waals surface area contributed by atoms with Crippen LogP contribution >= 0.6 is 15.9 Å². The summed E-state index contributed by atoms with van der Waals surface area (Å²) in [5.41, 5.74) is 1.97. The van der Waals surface area contributed by atoms with Crippen LogP contribution in [0.3, 0.4) is 0 Å². The molecule has 1 N–H and O–H groups in total. The van der Waals surface area contributed by atoms with E-state index in [1.54, 1.807) is 0 Å². The van der Waals surface area contributed by atoms with Crippen LogP contribution in [0.5, 0.6) is 0 Å². The van der Waals surface area contributed by atoms with Gasteiger partial charge in [0.1, 0.15) is 0 Å². The summed E-state index contributed by atoms with van der Waals surface area (Å²) in [5, 5.41) is 2.88. The first-order chi connectivity index (χ1) is 6.63. The first kappa shape index (κ1) is 11.2. The molecule has 2 nitrogen and oxygen atoms in total. The Morgan fingerprint density at radius 1 is 1.50 bits per heavy atom. The maximum atomic E-state index is 11.3. The smallest absolute Gasteiger partial charge is 0.224 e. The van der Waals surface area contributed by atoms with Crippen LogP contribution in [0.4, 0.5) is 5.69 Å². The third-order valence-corrected chi connectivity index (χ3v) is 2.43. The van der Waals surface area contributed by atoms with Gasteiger partial charge in [0.15, 0.2) is 0 Å². The van der Waals surface area contributed by atoms with Crippen LogP contribution in [0, 0.1) is 6.92 Å². The highest BCUT2D eigenvalue weighted by atomic mass is 79.9. The molecule has 0 bridgehead atoms. The number of carbonyl (C=O) groups excluding carboxylic acids is 1. The van der Waals surface area contributed by atoms with E-state index in [0.717, 1.165) is 22.1 Å². The Bertz CT molecular complexity index is 336. The average Bonchev–Trinajstić information content (AvgIpc) is 2.10. The van der Waals surface area contributed by atoms with E-state index in [2.05, 4.69) is 21.2 Å². The van der Waals surface area contributed by atoms with Crippen LogP contribution < -0.4 is 5.32 Å². The fourth-order valence-electron chi connectivity index (χ4n) is 1.21. The Morgan fingerprint density at radius 2 is 2.21 bits per heavy atom.